The van der Waals surface area contributed by atoms with E-state index in [1.54, 1.807) is 18.4 Å². The highest BCUT2D eigenvalue weighted by atomic mass is 32.1. The Morgan fingerprint density at radius 3 is 2.00 bits per heavy atom. The maximum atomic E-state index is 4.87. The molecule has 0 aliphatic carbocycles. The number of rotatable bonds is 1. The Hall–Kier alpha value is -1.28. The molecule has 0 radical (unpaired) electrons. The van der Waals surface area contributed by atoms with Crippen molar-refractivity contribution in [2.24, 2.45) is 0 Å². The van der Waals surface area contributed by atoms with Gasteiger partial charge in [0.1, 0.15) is 0 Å². The van der Waals surface area contributed by atoms with E-state index in [1.165, 1.54) is 5.56 Å². The molecule has 0 saturated heterocycles. The van der Waals surface area contributed by atoms with E-state index in [4.69, 9.17) is 4.74 Å². The molecule has 1 aromatic carbocycles. The minimum atomic E-state index is 0.972. The largest absolute Gasteiger partial charge is 0.487 e. The van der Waals surface area contributed by atoms with Gasteiger partial charge < -0.3 is 4.74 Å². The van der Waals surface area contributed by atoms with E-state index in [-0.39, 0.29) is 0 Å². The van der Waals surface area contributed by atoms with Gasteiger partial charge in [0.2, 0.25) is 0 Å². The van der Waals surface area contributed by atoms with Gasteiger partial charge in [0, 0.05) is 0 Å². The number of hydrogen-bond donors (Lipinski definition) is 0. The third-order valence-electron chi connectivity index (χ3n) is 1.64. The first-order valence-corrected chi connectivity index (χ1v) is 5.30. The highest BCUT2D eigenvalue weighted by Crippen LogP contribution is 2.16. The fraction of sp³-hybridized carbons (Fsp3) is 0.167. The lowest BCUT2D eigenvalue weighted by Crippen LogP contribution is -1.72. The summed E-state index contributed by atoms with van der Waals surface area (Å²) >= 11 is 1.60. The molecular weight excluding hydrogens is 192 g/mol. The van der Waals surface area contributed by atoms with E-state index in [1.807, 2.05) is 35.7 Å². The number of thiophene rings is 1. The summed E-state index contributed by atoms with van der Waals surface area (Å²) in [7, 11) is 1.67. The Labute approximate surface area is 89.0 Å². The summed E-state index contributed by atoms with van der Waals surface area (Å²) in [5.41, 5.74) is 1.32. The summed E-state index contributed by atoms with van der Waals surface area (Å²) in [4.78, 5) is 0. The van der Waals surface area contributed by atoms with Crippen molar-refractivity contribution in [3.8, 4) is 5.06 Å². The van der Waals surface area contributed by atoms with Crippen LogP contribution in [0.25, 0.3) is 0 Å². The lowest BCUT2D eigenvalue weighted by atomic mass is 10.2. The van der Waals surface area contributed by atoms with Gasteiger partial charge in [-0.05, 0) is 24.4 Å². The molecule has 1 nitrogen and oxygen atoms in total. The van der Waals surface area contributed by atoms with Crippen molar-refractivity contribution in [3.05, 3.63) is 53.4 Å². The molecule has 2 aromatic rings. The number of methoxy groups -OCH3 is 1. The number of ether oxygens (including phenoxy) is 1. The van der Waals surface area contributed by atoms with Gasteiger partial charge >= 0.3 is 0 Å². The van der Waals surface area contributed by atoms with Crippen LogP contribution < -0.4 is 4.74 Å². The fourth-order valence-electron chi connectivity index (χ4n) is 0.914. The molecule has 0 fully saturated rings. The van der Waals surface area contributed by atoms with E-state index in [0.717, 1.165) is 5.06 Å². The van der Waals surface area contributed by atoms with E-state index in [9.17, 15) is 0 Å². The molecule has 14 heavy (non-hydrogen) atoms. The summed E-state index contributed by atoms with van der Waals surface area (Å²) in [5.74, 6) is 0. The molecule has 0 aliphatic rings. The van der Waals surface area contributed by atoms with Crippen LogP contribution in [0.1, 0.15) is 5.56 Å². The van der Waals surface area contributed by atoms with Gasteiger partial charge in [0.05, 0.1) is 7.11 Å². The van der Waals surface area contributed by atoms with Crippen molar-refractivity contribution >= 4 is 11.3 Å². The van der Waals surface area contributed by atoms with E-state index < -0.39 is 0 Å². The minimum Gasteiger partial charge on any atom is -0.487 e. The monoisotopic (exact) mass is 206 g/mol. The summed E-state index contributed by atoms with van der Waals surface area (Å²) in [6.07, 6.45) is 0. The van der Waals surface area contributed by atoms with Crippen molar-refractivity contribution in [3.63, 3.8) is 0 Å². The Balaban J connectivity index is 0.000000140. The van der Waals surface area contributed by atoms with E-state index in [2.05, 4.69) is 19.1 Å². The second-order valence-electron chi connectivity index (χ2n) is 2.79. The van der Waals surface area contributed by atoms with Crippen molar-refractivity contribution in [1.82, 2.24) is 0 Å². The lowest BCUT2D eigenvalue weighted by molar-refractivity contribution is 0.427. The lowest BCUT2D eigenvalue weighted by Gasteiger charge is -1.86. The normalized spacial score (nSPS) is 8.71. The fourth-order valence-corrected chi connectivity index (χ4v) is 1.46. The zero-order chi connectivity index (χ0) is 10.2. The molecule has 1 heterocycles. The van der Waals surface area contributed by atoms with Gasteiger partial charge in [0.25, 0.3) is 0 Å². The Morgan fingerprint density at radius 2 is 1.71 bits per heavy atom. The molecular formula is C12H14OS. The molecule has 0 unspecified atom stereocenters. The highest BCUT2D eigenvalue weighted by Gasteiger charge is 1.83. The van der Waals surface area contributed by atoms with Crippen LogP contribution in [-0.4, -0.2) is 7.11 Å². The molecule has 74 valence electrons. The van der Waals surface area contributed by atoms with Gasteiger partial charge in [-0.2, -0.15) is 0 Å². The molecule has 0 amide bonds. The first-order valence-electron chi connectivity index (χ1n) is 4.42. The number of aryl methyl sites for hydroxylation is 1. The number of hydrogen-bond acceptors (Lipinski definition) is 2. The molecule has 2 heteroatoms. The standard InChI is InChI=1S/C7H8.C5H6OS/c1-7-5-3-2-4-6-7;1-6-5-3-2-4-7-5/h2-6H,1H3;2-4H,1H3. The van der Waals surface area contributed by atoms with Gasteiger partial charge in [0.15, 0.2) is 5.06 Å². The molecule has 2 rings (SSSR count). The van der Waals surface area contributed by atoms with Crippen LogP contribution in [0.2, 0.25) is 0 Å². The summed E-state index contributed by atoms with van der Waals surface area (Å²) in [5, 5.41) is 2.96. The van der Waals surface area contributed by atoms with Crippen LogP contribution in [0, 0.1) is 6.92 Å². The molecule has 0 N–H and O–H groups in total. The Bertz CT molecular complexity index is 326. The SMILES string of the molecule is COc1cccs1.Cc1ccccc1. The van der Waals surface area contributed by atoms with Crippen molar-refractivity contribution in [2.45, 2.75) is 6.92 Å². The molecule has 0 atom stereocenters. The topological polar surface area (TPSA) is 9.23 Å². The molecule has 0 aliphatic heterocycles. The van der Waals surface area contributed by atoms with E-state index >= 15 is 0 Å². The van der Waals surface area contributed by atoms with Gasteiger partial charge in [-0.15, -0.1) is 11.3 Å². The Morgan fingerprint density at radius 1 is 1.00 bits per heavy atom. The second kappa shape index (κ2) is 6.22. The average molecular weight is 206 g/mol. The second-order valence-corrected chi connectivity index (χ2v) is 3.70. The van der Waals surface area contributed by atoms with Crippen LogP contribution in [0.5, 0.6) is 5.06 Å². The zero-order valence-corrected chi connectivity index (χ0v) is 9.25. The summed E-state index contributed by atoms with van der Waals surface area (Å²) in [6, 6.07) is 14.2. The molecule has 0 spiro atoms. The van der Waals surface area contributed by atoms with Gasteiger partial charge in [-0.25, -0.2) is 0 Å². The van der Waals surface area contributed by atoms with Crippen LogP contribution in [0.3, 0.4) is 0 Å². The third-order valence-corrected chi connectivity index (χ3v) is 2.46. The molecule has 0 bridgehead atoms. The smallest absolute Gasteiger partial charge is 0.173 e. The van der Waals surface area contributed by atoms with Crippen LogP contribution >= 0.6 is 11.3 Å². The van der Waals surface area contributed by atoms with Crippen LogP contribution in [0.15, 0.2) is 47.8 Å². The third kappa shape index (κ3) is 4.10. The highest BCUT2D eigenvalue weighted by molar-refractivity contribution is 7.11. The summed E-state index contributed by atoms with van der Waals surface area (Å²) in [6.45, 7) is 2.08. The van der Waals surface area contributed by atoms with Gasteiger partial charge in [-0.3, -0.25) is 0 Å². The van der Waals surface area contributed by atoms with E-state index in [0.29, 0.717) is 0 Å². The maximum absolute atomic E-state index is 4.87. The average Bonchev–Trinajstić information content (AvgIpc) is 2.72. The van der Waals surface area contributed by atoms with Crippen LogP contribution in [0.4, 0.5) is 0 Å². The van der Waals surface area contributed by atoms with Crippen molar-refractivity contribution < 1.29 is 4.74 Å². The number of benzene rings is 1. The quantitative estimate of drug-likeness (QED) is 0.690. The van der Waals surface area contributed by atoms with Crippen molar-refractivity contribution in [2.75, 3.05) is 7.11 Å². The Kier molecular flexibility index (Phi) is 4.79. The minimum absolute atomic E-state index is 0.972. The van der Waals surface area contributed by atoms with Crippen LogP contribution in [-0.2, 0) is 0 Å². The first-order chi connectivity index (χ1) is 6.83. The zero-order valence-electron chi connectivity index (χ0n) is 8.44. The molecule has 1 aromatic heterocycles. The van der Waals surface area contributed by atoms with Gasteiger partial charge in [-0.1, -0.05) is 35.9 Å². The summed E-state index contributed by atoms with van der Waals surface area (Å²) < 4.78 is 4.87. The molecule has 0 saturated carbocycles. The maximum Gasteiger partial charge on any atom is 0.173 e. The predicted octanol–water partition coefficient (Wildman–Crippen LogP) is 3.75. The van der Waals surface area contributed by atoms with Crippen molar-refractivity contribution in [1.29, 1.82) is 0 Å². The first kappa shape index (κ1) is 10.8. The predicted molar refractivity (Wildman–Crippen MR) is 62.1 cm³/mol.